The van der Waals surface area contributed by atoms with Crippen LogP contribution in [-0.4, -0.2) is 41.0 Å². The summed E-state index contributed by atoms with van der Waals surface area (Å²) in [7, 11) is 0. The number of halogens is 1. The van der Waals surface area contributed by atoms with Crippen LogP contribution in [0, 0.1) is 0 Å². The molecule has 4 aromatic rings. The van der Waals surface area contributed by atoms with E-state index in [1.165, 1.54) is 11.3 Å². The van der Waals surface area contributed by atoms with Crippen molar-refractivity contribution < 1.29 is 18.7 Å². The highest BCUT2D eigenvalue weighted by atomic mass is 35.5. The number of likely N-dealkylation sites (N-methyl/N-ethyl adjacent to an activating group) is 1. The van der Waals surface area contributed by atoms with E-state index in [4.69, 9.17) is 25.7 Å². The lowest BCUT2D eigenvalue weighted by atomic mass is 9.94. The lowest BCUT2D eigenvalue weighted by molar-refractivity contribution is -0.127. The van der Waals surface area contributed by atoms with Gasteiger partial charge in [0.05, 0.1) is 34.0 Å². The number of hydrogen-bond donors (Lipinski definition) is 0. The molecule has 1 aliphatic rings. The lowest BCUT2D eigenvalue weighted by Crippen LogP contribution is -2.43. The Morgan fingerprint density at radius 2 is 1.74 bits per heavy atom. The number of nitrogens with zero attached hydrogens (tertiary/aromatic N) is 3. The number of furan rings is 1. The molecule has 5 rings (SSSR count). The number of aromatic nitrogens is 1. The number of ether oxygens (including phenoxy) is 1. The summed E-state index contributed by atoms with van der Waals surface area (Å²) in [6, 6.07) is 17.1. The second kappa shape index (κ2) is 12.3. The Balaban J connectivity index is 1.56. The zero-order valence-electron chi connectivity index (χ0n) is 23.7. The number of fused-ring (bicyclic) bond motifs is 1. The number of rotatable bonds is 8. The molecule has 0 bridgehead atoms. The van der Waals surface area contributed by atoms with Crippen LogP contribution in [0.1, 0.15) is 55.4 Å². The zero-order chi connectivity index (χ0) is 30.0. The van der Waals surface area contributed by atoms with Crippen LogP contribution < -0.4 is 14.9 Å². The Morgan fingerprint density at radius 1 is 1.05 bits per heavy atom. The summed E-state index contributed by atoms with van der Waals surface area (Å²) in [5, 5.41) is 0.563. The van der Waals surface area contributed by atoms with Gasteiger partial charge in [-0.25, -0.2) is 9.79 Å². The standard InChI is InChI=1S/C32H30ClN3O5S/c1-5-35(6-2)30(38)27-19(4)34-32-36(28(27)21-12-14-23(33)15-13-21)29(37)26(42-32)18-24-16-17-25(41-24)20-8-10-22(11-9-20)31(39)40-7-3/h8-18,28H,5-7H2,1-4H3/b26-18+/t28-/m1/s1. The fraction of sp³-hybridized carbons (Fsp3) is 0.250. The Kier molecular flexibility index (Phi) is 8.61. The van der Waals surface area contributed by atoms with Crippen LogP contribution in [0.3, 0.4) is 0 Å². The van der Waals surface area contributed by atoms with Gasteiger partial charge in [0, 0.05) is 29.8 Å². The molecule has 0 saturated heterocycles. The summed E-state index contributed by atoms with van der Waals surface area (Å²) in [5.41, 5.74) is 2.77. The maximum absolute atomic E-state index is 13.9. The third kappa shape index (κ3) is 5.62. The van der Waals surface area contributed by atoms with Crippen LogP contribution in [0.15, 0.2) is 86.1 Å². The second-order valence-corrected chi connectivity index (χ2v) is 11.1. The maximum atomic E-state index is 13.9. The Labute approximate surface area is 251 Å². The molecule has 0 spiro atoms. The first-order valence-corrected chi connectivity index (χ1v) is 14.9. The van der Waals surface area contributed by atoms with Gasteiger partial charge in [-0.2, -0.15) is 0 Å². The first kappa shape index (κ1) is 29.3. The van der Waals surface area contributed by atoms with Crippen molar-refractivity contribution in [2.45, 2.75) is 33.7 Å². The van der Waals surface area contributed by atoms with E-state index in [9.17, 15) is 14.4 Å². The van der Waals surface area contributed by atoms with Crippen LogP contribution in [0.5, 0.6) is 0 Å². The van der Waals surface area contributed by atoms with Crippen LogP contribution in [0.4, 0.5) is 0 Å². The predicted octanol–water partition coefficient (Wildman–Crippen LogP) is 5.19. The van der Waals surface area contributed by atoms with Crippen molar-refractivity contribution in [2.75, 3.05) is 19.7 Å². The van der Waals surface area contributed by atoms with E-state index >= 15 is 0 Å². The molecule has 0 aliphatic carbocycles. The summed E-state index contributed by atoms with van der Waals surface area (Å²) < 4.78 is 13.1. The molecule has 3 heterocycles. The minimum atomic E-state index is -0.654. The molecule has 0 fully saturated rings. The Bertz CT molecular complexity index is 1850. The second-order valence-electron chi connectivity index (χ2n) is 9.61. The number of carbonyl (C=O) groups is 2. The molecule has 42 heavy (non-hydrogen) atoms. The summed E-state index contributed by atoms with van der Waals surface area (Å²) in [6.07, 6.45) is 1.68. The average Bonchev–Trinajstić information content (AvgIpc) is 3.57. The van der Waals surface area contributed by atoms with Gasteiger partial charge in [-0.1, -0.05) is 47.2 Å². The monoisotopic (exact) mass is 603 g/mol. The van der Waals surface area contributed by atoms with Crippen molar-refractivity contribution in [3.05, 3.63) is 114 Å². The van der Waals surface area contributed by atoms with E-state index in [0.29, 0.717) is 62.4 Å². The van der Waals surface area contributed by atoms with Crippen molar-refractivity contribution in [2.24, 2.45) is 4.99 Å². The molecule has 2 aromatic heterocycles. The molecular weight excluding hydrogens is 574 g/mol. The number of carbonyl (C=O) groups excluding carboxylic acids is 2. The molecule has 2 aromatic carbocycles. The molecule has 8 nitrogen and oxygen atoms in total. The number of esters is 1. The van der Waals surface area contributed by atoms with Crippen LogP contribution in [0.25, 0.3) is 17.4 Å². The largest absolute Gasteiger partial charge is 0.462 e. The number of thiazole rings is 1. The molecular formula is C32H30ClN3O5S. The minimum Gasteiger partial charge on any atom is -0.462 e. The number of amides is 1. The lowest BCUT2D eigenvalue weighted by Gasteiger charge is -2.29. The third-order valence-corrected chi connectivity index (χ3v) is 8.30. The SMILES string of the molecule is CCOC(=O)c1ccc(-c2ccc(/C=c3/sc4n(c3=O)[C@H](c3ccc(Cl)cc3)C(C(=O)N(CC)CC)=C(C)N=4)o2)cc1. The summed E-state index contributed by atoms with van der Waals surface area (Å²) in [4.78, 5) is 46.5. The molecule has 0 N–H and O–H groups in total. The van der Waals surface area contributed by atoms with Gasteiger partial charge in [0.25, 0.3) is 11.5 Å². The Hall–Kier alpha value is -4.21. The average molecular weight is 604 g/mol. The molecule has 0 saturated carbocycles. The van der Waals surface area contributed by atoms with Crippen LogP contribution in [-0.2, 0) is 9.53 Å². The molecule has 0 radical (unpaired) electrons. The van der Waals surface area contributed by atoms with Crippen molar-refractivity contribution in [3.63, 3.8) is 0 Å². The molecule has 0 unspecified atom stereocenters. The van der Waals surface area contributed by atoms with Crippen LogP contribution in [0.2, 0.25) is 5.02 Å². The van der Waals surface area contributed by atoms with Gasteiger partial charge in [-0.05, 0) is 69.7 Å². The highest BCUT2D eigenvalue weighted by Gasteiger charge is 2.34. The summed E-state index contributed by atoms with van der Waals surface area (Å²) >= 11 is 7.41. The molecule has 1 aliphatic heterocycles. The number of hydrogen-bond acceptors (Lipinski definition) is 7. The number of allylic oxidation sites excluding steroid dienone is 1. The van der Waals surface area contributed by atoms with Gasteiger partial charge in [0.15, 0.2) is 4.80 Å². The predicted molar refractivity (Wildman–Crippen MR) is 163 cm³/mol. The van der Waals surface area contributed by atoms with E-state index in [0.717, 1.165) is 11.1 Å². The van der Waals surface area contributed by atoms with E-state index in [1.54, 1.807) is 64.9 Å². The van der Waals surface area contributed by atoms with Crippen molar-refractivity contribution in [1.82, 2.24) is 9.47 Å². The van der Waals surface area contributed by atoms with Gasteiger partial charge < -0.3 is 14.1 Å². The van der Waals surface area contributed by atoms with Gasteiger partial charge in [0.2, 0.25) is 0 Å². The fourth-order valence-corrected chi connectivity index (χ4v) is 6.09. The van der Waals surface area contributed by atoms with Crippen molar-refractivity contribution in [1.29, 1.82) is 0 Å². The minimum absolute atomic E-state index is 0.153. The topological polar surface area (TPSA) is 94.1 Å². The molecule has 216 valence electrons. The smallest absolute Gasteiger partial charge is 0.338 e. The first-order valence-electron chi connectivity index (χ1n) is 13.7. The summed E-state index contributed by atoms with van der Waals surface area (Å²) in [5.74, 6) is 0.545. The molecule has 1 amide bonds. The Morgan fingerprint density at radius 3 is 2.38 bits per heavy atom. The van der Waals surface area contributed by atoms with Gasteiger partial charge in [0.1, 0.15) is 11.5 Å². The van der Waals surface area contributed by atoms with E-state index in [2.05, 4.69) is 0 Å². The number of benzene rings is 2. The molecule has 10 heteroatoms. The van der Waals surface area contributed by atoms with Gasteiger partial charge >= 0.3 is 5.97 Å². The van der Waals surface area contributed by atoms with E-state index in [-0.39, 0.29) is 17.4 Å². The summed E-state index contributed by atoms with van der Waals surface area (Å²) in [6.45, 7) is 8.81. The van der Waals surface area contributed by atoms with Gasteiger partial charge in [-0.15, -0.1) is 0 Å². The highest BCUT2D eigenvalue weighted by molar-refractivity contribution is 7.07. The van der Waals surface area contributed by atoms with E-state index in [1.807, 2.05) is 39.0 Å². The zero-order valence-corrected chi connectivity index (χ0v) is 25.3. The van der Waals surface area contributed by atoms with Crippen LogP contribution >= 0.6 is 22.9 Å². The van der Waals surface area contributed by atoms with E-state index < -0.39 is 6.04 Å². The van der Waals surface area contributed by atoms with Crippen molar-refractivity contribution in [3.8, 4) is 11.3 Å². The van der Waals surface area contributed by atoms with Gasteiger partial charge in [-0.3, -0.25) is 14.2 Å². The highest BCUT2D eigenvalue weighted by Crippen LogP contribution is 2.32. The third-order valence-electron chi connectivity index (χ3n) is 7.07. The first-order chi connectivity index (χ1) is 20.2. The van der Waals surface area contributed by atoms with Crippen molar-refractivity contribution >= 4 is 40.9 Å². The fourth-order valence-electron chi connectivity index (χ4n) is 4.94. The maximum Gasteiger partial charge on any atom is 0.338 e. The normalized spacial score (nSPS) is 14.9. The molecule has 1 atom stereocenters. The quantitative estimate of drug-likeness (QED) is 0.258.